The first-order valence-corrected chi connectivity index (χ1v) is 10.9. The van der Waals surface area contributed by atoms with Gasteiger partial charge in [0.2, 0.25) is 0 Å². The number of halogens is 1. The van der Waals surface area contributed by atoms with Crippen LogP contribution in [0.1, 0.15) is 17.0 Å². The minimum Gasteiger partial charge on any atom is -0.493 e. The smallest absolute Gasteiger partial charge is 0.269 e. The van der Waals surface area contributed by atoms with E-state index >= 15 is 0 Å². The van der Waals surface area contributed by atoms with Crippen molar-refractivity contribution in [3.05, 3.63) is 91.3 Å². The van der Waals surface area contributed by atoms with Gasteiger partial charge in [-0.05, 0) is 76.2 Å². The molecule has 0 bridgehead atoms. The molecule has 0 spiro atoms. The number of aromatic amines is 1. The summed E-state index contributed by atoms with van der Waals surface area (Å²) < 4.78 is 12.3. The number of fused-ring (bicyclic) bond motifs is 1. The molecule has 0 aliphatic carbocycles. The van der Waals surface area contributed by atoms with Gasteiger partial charge in [-0.2, -0.15) is 5.26 Å². The lowest BCUT2D eigenvalue weighted by Crippen LogP contribution is -2.00. The van der Waals surface area contributed by atoms with Crippen LogP contribution >= 0.6 is 22.6 Å². The number of nitrogens with one attached hydrogen (secondary N) is 1. The third-order valence-electron chi connectivity index (χ3n) is 4.86. The summed E-state index contributed by atoms with van der Waals surface area (Å²) in [4.78, 5) is 18.0. The first kappa shape index (κ1) is 22.3. The Morgan fingerprint density at radius 3 is 2.67 bits per heavy atom. The van der Waals surface area contributed by atoms with E-state index in [9.17, 15) is 15.4 Å². The van der Waals surface area contributed by atoms with Crippen molar-refractivity contribution in [3.63, 3.8) is 0 Å². The molecule has 33 heavy (non-hydrogen) atoms. The van der Waals surface area contributed by atoms with Gasteiger partial charge in [-0.3, -0.25) is 10.1 Å². The molecule has 8 nitrogen and oxygen atoms in total. The van der Waals surface area contributed by atoms with Gasteiger partial charge in [0.05, 0.1) is 32.2 Å². The quantitative estimate of drug-likeness (QED) is 0.136. The molecule has 1 aromatic heterocycles. The Labute approximate surface area is 202 Å². The van der Waals surface area contributed by atoms with Crippen LogP contribution in [0.4, 0.5) is 5.69 Å². The van der Waals surface area contributed by atoms with Crippen molar-refractivity contribution in [2.24, 2.45) is 0 Å². The number of hydrogen-bond donors (Lipinski definition) is 1. The van der Waals surface area contributed by atoms with E-state index in [0.29, 0.717) is 22.9 Å². The standard InChI is InChI=1S/C24H17IN4O4/c1-32-22-12-16(10-17(13-26)24-27-20-4-2-3-5-21(20)28-24)11-19(25)23(22)33-14-15-6-8-18(9-7-15)29(30)31/h2-12H,14H2,1H3,(H,27,28). The van der Waals surface area contributed by atoms with Crippen LogP contribution in [-0.4, -0.2) is 22.0 Å². The second-order valence-corrected chi connectivity index (χ2v) is 8.18. The molecule has 0 radical (unpaired) electrons. The molecule has 0 saturated carbocycles. The molecule has 0 unspecified atom stereocenters. The van der Waals surface area contributed by atoms with Crippen LogP contribution in [0.25, 0.3) is 22.7 Å². The molecule has 1 N–H and O–H groups in total. The Morgan fingerprint density at radius 1 is 1.24 bits per heavy atom. The largest absolute Gasteiger partial charge is 0.493 e. The molecular formula is C24H17IN4O4. The molecule has 164 valence electrons. The third kappa shape index (κ3) is 4.96. The van der Waals surface area contributed by atoms with Crippen molar-refractivity contribution in [3.8, 4) is 17.6 Å². The van der Waals surface area contributed by atoms with Gasteiger partial charge in [-0.25, -0.2) is 4.98 Å². The Kier molecular flexibility index (Phi) is 6.55. The lowest BCUT2D eigenvalue weighted by atomic mass is 10.1. The SMILES string of the molecule is COc1cc(C=C(C#N)c2nc3ccccc3[nH]2)cc(I)c1OCc1ccc([N+](=O)[O-])cc1. The maximum atomic E-state index is 10.8. The lowest BCUT2D eigenvalue weighted by Gasteiger charge is -2.14. The number of hydrogen-bond acceptors (Lipinski definition) is 6. The predicted molar refractivity (Wildman–Crippen MR) is 133 cm³/mol. The van der Waals surface area contributed by atoms with Crippen molar-refractivity contribution >= 4 is 51.0 Å². The minimum absolute atomic E-state index is 0.0276. The van der Waals surface area contributed by atoms with E-state index in [-0.39, 0.29) is 12.3 Å². The maximum Gasteiger partial charge on any atom is 0.269 e. The van der Waals surface area contributed by atoms with E-state index in [1.54, 1.807) is 31.4 Å². The molecule has 3 aromatic carbocycles. The zero-order valence-electron chi connectivity index (χ0n) is 17.4. The van der Waals surface area contributed by atoms with E-state index in [2.05, 4.69) is 38.6 Å². The van der Waals surface area contributed by atoms with Crippen molar-refractivity contribution in [2.45, 2.75) is 6.61 Å². The summed E-state index contributed by atoms with van der Waals surface area (Å²) in [5.74, 6) is 1.55. The second-order valence-electron chi connectivity index (χ2n) is 7.02. The number of nitriles is 1. The number of aromatic nitrogens is 2. The number of rotatable bonds is 7. The molecule has 0 atom stereocenters. The number of imidazole rings is 1. The first-order chi connectivity index (χ1) is 16.0. The number of allylic oxidation sites excluding steroid dienone is 1. The highest BCUT2D eigenvalue weighted by Gasteiger charge is 2.14. The molecule has 9 heteroatoms. The van der Waals surface area contributed by atoms with E-state index in [0.717, 1.165) is 25.7 Å². The van der Waals surface area contributed by atoms with Crippen LogP contribution in [0, 0.1) is 25.0 Å². The summed E-state index contributed by atoms with van der Waals surface area (Å²) >= 11 is 2.15. The van der Waals surface area contributed by atoms with Gasteiger partial charge in [-0.1, -0.05) is 12.1 Å². The van der Waals surface area contributed by atoms with Gasteiger partial charge < -0.3 is 14.5 Å². The fraction of sp³-hybridized carbons (Fsp3) is 0.0833. The number of benzene rings is 3. The zero-order valence-corrected chi connectivity index (χ0v) is 19.6. The molecule has 1 heterocycles. The fourth-order valence-corrected chi connectivity index (χ4v) is 4.01. The number of para-hydroxylation sites is 2. The van der Waals surface area contributed by atoms with Crippen LogP contribution in [0.3, 0.4) is 0 Å². The van der Waals surface area contributed by atoms with Gasteiger partial charge in [0.25, 0.3) is 5.69 Å². The number of ether oxygens (including phenoxy) is 2. The van der Waals surface area contributed by atoms with E-state index in [4.69, 9.17) is 9.47 Å². The maximum absolute atomic E-state index is 10.8. The number of non-ortho nitro benzene ring substituents is 1. The summed E-state index contributed by atoms with van der Waals surface area (Å²) in [7, 11) is 1.54. The summed E-state index contributed by atoms with van der Waals surface area (Å²) in [5.41, 5.74) is 3.62. The van der Waals surface area contributed by atoms with Gasteiger partial charge >= 0.3 is 0 Å². The topological polar surface area (TPSA) is 114 Å². The Morgan fingerprint density at radius 2 is 2.00 bits per heavy atom. The molecule has 4 aromatic rings. The molecular weight excluding hydrogens is 535 g/mol. The number of methoxy groups -OCH3 is 1. The molecule has 0 saturated heterocycles. The second kappa shape index (κ2) is 9.70. The number of H-pyrrole nitrogens is 1. The monoisotopic (exact) mass is 552 g/mol. The van der Waals surface area contributed by atoms with Gasteiger partial charge in [0.15, 0.2) is 11.5 Å². The minimum atomic E-state index is -0.441. The van der Waals surface area contributed by atoms with Crippen molar-refractivity contribution < 1.29 is 14.4 Å². The average molecular weight is 552 g/mol. The lowest BCUT2D eigenvalue weighted by molar-refractivity contribution is -0.384. The fourth-order valence-electron chi connectivity index (χ4n) is 3.23. The van der Waals surface area contributed by atoms with E-state index in [1.807, 2.05) is 30.3 Å². The van der Waals surface area contributed by atoms with Crippen molar-refractivity contribution in [1.82, 2.24) is 9.97 Å². The van der Waals surface area contributed by atoms with Gasteiger partial charge in [-0.15, -0.1) is 0 Å². The number of nitro groups is 1. The third-order valence-corrected chi connectivity index (χ3v) is 5.66. The first-order valence-electron chi connectivity index (χ1n) is 9.79. The highest BCUT2D eigenvalue weighted by molar-refractivity contribution is 14.1. The highest BCUT2D eigenvalue weighted by atomic mass is 127. The number of nitrogens with zero attached hydrogens (tertiary/aromatic N) is 3. The Hall–Kier alpha value is -3.91. The van der Waals surface area contributed by atoms with Crippen LogP contribution in [0.2, 0.25) is 0 Å². The Bertz CT molecular complexity index is 1370. The van der Waals surface area contributed by atoms with Gasteiger partial charge in [0.1, 0.15) is 18.5 Å². The van der Waals surface area contributed by atoms with E-state index in [1.165, 1.54) is 12.1 Å². The van der Waals surface area contributed by atoms with Crippen LogP contribution in [-0.2, 0) is 6.61 Å². The Balaban J connectivity index is 1.59. The summed E-state index contributed by atoms with van der Waals surface area (Å²) in [6, 6.07) is 19.6. The summed E-state index contributed by atoms with van der Waals surface area (Å²) in [6.07, 6.45) is 1.74. The van der Waals surface area contributed by atoms with E-state index < -0.39 is 4.92 Å². The number of nitro benzene ring substituents is 1. The molecule has 4 rings (SSSR count). The highest BCUT2D eigenvalue weighted by Crippen LogP contribution is 2.35. The molecule has 0 amide bonds. The molecule has 0 fully saturated rings. The predicted octanol–water partition coefficient (Wildman–Crippen LogP) is 5.73. The molecule has 0 aliphatic rings. The van der Waals surface area contributed by atoms with Crippen LogP contribution in [0.15, 0.2) is 60.7 Å². The summed E-state index contributed by atoms with van der Waals surface area (Å²) in [5, 5.41) is 20.5. The average Bonchev–Trinajstić information content (AvgIpc) is 3.26. The van der Waals surface area contributed by atoms with Crippen LogP contribution in [0.5, 0.6) is 11.5 Å². The van der Waals surface area contributed by atoms with Crippen molar-refractivity contribution in [1.29, 1.82) is 5.26 Å². The van der Waals surface area contributed by atoms with Gasteiger partial charge in [0, 0.05) is 12.1 Å². The van der Waals surface area contributed by atoms with Crippen LogP contribution < -0.4 is 9.47 Å². The molecule has 0 aliphatic heterocycles. The normalized spacial score (nSPS) is 11.2. The summed E-state index contributed by atoms with van der Waals surface area (Å²) in [6.45, 7) is 0.224. The van der Waals surface area contributed by atoms with Crippen molar-refractivity contribution in [2.75, 3.05) is 7.11 Å². The zero-order chi connectivity index (χ0) is 23.4.